The number of benzene rings is 3. The minimum absolute atomic E-state index is 0.254. The van der Waals surface area contributed by atoms with Crippen LogP contribution in [-0.4, -0.2) is 49.3 Å². The maximum atomic E-state index is 13.3. The van der Waals surface area contributed by atoms with Gasteiger partial charge >= 0.3 is 12.1 Å². The van der Waals surface area contributed by atoms with Gasteiger partial charge in [0.15, 0.2) is 0 Å². The number of amides is 1. The van der Waals surface area contributed by atoms with Gasteiger partial charge in [-0.05, 0) is 67.4 Å². The first-order valence-electron chi connectivity index (χ1n) is 13.9. The van der Waals surface area contributed by atoms with Gasteiger partial charge in [-0.15, -0.1) is 0 Å². The number of carbonyl (C=O) groups excluding carboxylic acids is 2. The summed E-state index contributed by atoms with van der Waals surface area (Å²) in [6, 6.07) is 23.5. The van der Waals surface area contributed by atoms with Crippen LogP contribution in [0, 0.1) is 6.92 Å². The number of methoxy groups -OCH3 is 2. The molecule has 3 aromatic carbocycles. The van der Waals surface area contributed by atoms with Crippen LogP contribution in [0.15, 0.2) is 83.3 Å². The van der Waals surface area contributed by atoms with Crippen molar-refractivity contribution in [2.45, 2.75) is 39.2 Å². The highest BCUT2D eigenvalue weighted by molar-refractivity contribution is 5.79. The highest BCUT2D eigenvalue weighted by Crippen LogP contribution is 2.29. The average molecular weight is 573 g/mol. The summed E-state index contributed by atoms with van der Waals surface area (Å²) in [5.41, 5.74) is 2.63. The lowest BCUT2D eigenvalue weighted by Gasteiger charge is -2.30. The lowest BCUT2D eigenvalue weighted by atomic mass is 10.0. The second-order valence-corrected chi connectivity index (χ2v) is 9.61. The number of esters is 1. The van der Waals surface area contributed by atoms with Crippen LogP contribution in [0.4, 0.5) is 4.79 Å². The van der Waals surface area contributed by atoms with Gasteiger partial charge in [-0.1, -0.05) is 43.7 Å². The van der Waals surface area contributed by atoms with Crippen LogP contribution in [0.3, 0.4) is 0 Å². The third kappa shape index (κ3) is 7.90. The Morgan fingerprint density at radius 2 is 1.57 bits per heavy atom. The number of oxazole rings is 1. The molecule has 0 radical (unpaired) electrons. The Bertz CT molecular complexity index is 1430. The normalized spacial score (nSPS) is 11.4. The van der Waals surface area contributed by atoms with Gasteiger partial charge in [0.2, 0.25) is 5.89 Å². The van der Waals surface area contributed by atoms with Gasteiger partial charge in [-0.25, -0.2) is 9.78 Å². The number of hydrogen-bond donors (Lipinski definition) is 0. The fourth-order valence-electron chi connectivity index (χ4n) is 4.50. The molecule has 0 saturated heterocycles. The molecule has 0 spiro atoms. The van der Waals surface area contributed by atoms with Crippen LogP contribution < -0.4 is 14.2 Å². The van der Waals surface area contributed by atoms with E-state index in [1.54, 1.807) is 31.4 Å². The van der Waals surface area contributed by atoms with Crippen LogP contribution in [-0.2, 0) is 16.0 Å². The van der Waals surface area contributed by atoms with E-state index in [-0.39, 0.29) is 6.54 Å². The molecule has 0 fully saturated rings. The fourth-order valence-corrected chi connectivity index (χ4v) is 4.50. The molecule has 0 N–H and O–H groups in total. The van der Waals surface area contributed by atoms with Crippen molar-refractivity contribution in [2.24, 2.45) is 0 Å². The van der Waals surface area contributed by atoms with Crippen molar-refractivity contribution in [3.8, 4) is 28.7 Å². The summed E-state index contributed by atoms with van der Waals surface area (Å²) in [6.07, 6.45) is 1.33. The van der Waals surface area contributed by atoms with Crippen molar-refractivity contribution < 1.29 is 33.0 Å². The lowest BCUT2D eigenvalue weighted by molar-refractivity contribution is -0.142. The molecule has 1 aromatic heterocycles. The number of carbonyl (C=O) groups is 2. The summed E-state index contributed by atoms with van der Waals surface area (Å²) in [4.78, 5) is 31.6. The van der Waals surface area contributed by atoms with Crippen molar-refractivity contribution >= 4 is 12.1 Å². The number of ether oxygens (including phenoxy) is 4. The van der Waals surface area contributed by atoms with Gasteiger partial charge in [0.25, 0.3) is 0 Å². The quantitative estimate of drug-likeness (QED) is 0.161. The van der Waals surface area contributed by atoms with E-state index >= 15 is 0 Å². The lowest BCUT2D eigenvalue weighted by Crippen LogP contribution is -2.41. The van der Waals surface area contributed by atoms with E-state index < -0.39 is 18.1 Å². The minimum Gasteiger partial charge on any atom is -0.497 e. The van der Waals surface area contributed by atoms with Crippen LogP contribution >= 0.6 is 0 Å². The van der Waals surface area contributed by atoms with Crippen molar-refractivity contribution in [1.29, 1.82) is 0 Å². The Hall–Kier alpha value is -4.79. The molecular formula is C33H36N2O7. The van der Waals surface area contributed by atoms with Gasteiger partial charge in [-0.2, -0.15) is 0 Å². The number of nitrogens with zero attached hydrogens (tertiary/aromatic N) is 2. The van der Waals surface area contributed by atoms with Gasteiger partial charge in [0.1, 0.15) is 29.6 Å². The molecule has 42 heavy (non-hydrogen) atoms. The molecule has 0 bridgehead atoms. The summed E-state index contributed by atoms with van der Waals surface area (Å²) in [5, 5.41) is 0. The molecule has 0 saturated carbocycles. The molecular weight excluding hydrogens is 536 g/mol. The topological polar surface area (TPSA) is 100 Å². The monoisotopic (exact) mass is 572 g/mol. The first-order valence-corrected chi connectivity index (χ1v) is 13.9. The number of aromatic nitrogens is 1. The molecule has 4 rings (SSSR count). The summed E-state index contributed by atoms with van der Waals surface area (Å²) >= 11 is 0. The molecule has 9 nitrogen and oxygen atoms in total. The van der Waals surface area contributed by atoms with Crippen LogP contribution in [0.25, 0.3) is 11.5 Å². The van der Waals surface area contributed by atoms with E-state index in [2.05, 4.69) is 4.98 Å². The van der Waals surface area contributed by atoms with Crippen molar-refractivity contribution in [1.82, 2.24) is 9.88 Å². The molecule has 0 aliphatic rings. The molecule has 9 heteroatoms. The van der Waals surface area contributed by atoms with Gasteiger partial charge in [0.05, 0.1) is 32.6 Å². The Morgan fingerprint density at radius 3 is 2.21 bits per heavy atom. The zero-order valence-electron chi connectivity index (χ0n) is 24.4. The van der Waals surface area contributed by atoms with Crippen LogP contribution in [0.1, 0.15) is 42.8 Å². The fraction of sp³-hybridized carbons (Fsp3) is 0.303. The molecule has 4 aromatic rings. The Kier molecular flexibility index (Phi) is 10.6. The highest BCUT2D eigenvalue weighted by atomic mass is 16.6. The van der Waals surface area contributed by atoms with E-state index in [1.165, 1.54) is 12.0 Å². The zero-order chi connectivity index (χ0) is 29.9. The van der Waals surface area contributed by atoms with E-state index in [9.17, 15) is 9.59 Å². The van der Waals surface area contributed by atoms with E-state index in [0.717, 1.165) is 29.0 Å². The Labute approximate surface area is 246 Å². The van der Waals surface area contributed by atoms with Gasteiger partial charge < -0.3 is 23.4 Å². The van der Waals surface area contributed by atoms with Gasteiger partial charge in [-0.3, -0.25) is 9.69 Å². The number of hydrogen-bond acceptors (Lipinski definition) is 8. The van der Waals surface area contributed by atoms with Gasteiger partial charge in [0, 0.05) is 12.0 Å². The maximum Gasteiger partial charge on any atom is 0.416 e. The van der Waals surface area contributed by atoms with E-state index in [4.69, 9.17) is 23.4 Å². The molecule has 0 aliphatic heterocycles. The smallest absolute Gasteiger partial charge is 0.416 e. The first kappa shape index (κ1) is 30.2. The minimum atomic E-state index is -0.651. The first-order chi connectivity index (χ1) is 20.4. The molecule has 1 amide bonds. The molecule has 0 aliphatic carbocycles. The summed E-state index contributed by atoms with van der Waals surface area (Å²) in [7, 11) is 2.85. The Balaban J connectivity index is 1.43. The zero-order valence-corrected chi connectivity index (χ0v) is 24.4. The Morgan fingerprint density at radius 1 is 0.905 bits per heavy atom. The van der Waals surface area contributed by atoms with Crippen molar-refractivity contribution in [2.75, 3.05) is 27.4 Å². The summed E-state index contributed by atoms with van der Waals surface area (Å²) in [5.74, 6) is 2.48. The predicted octanol–water partition coefficient (Wildman–Crippen LogP) is 6.80. The second-order valence-electron chi connectivity index (χ2n) is 9.61. The summed E-state index contributed by atoms with van der Waals surface area (Å²) < 4.78 is 27.5. The SMILES string of the molecule is CCCC(c1ccc(OCCc2nc(-c3ccccc3)oc2C)cc1)N(CC(=O)OC)C(=O)Oc1ccc(OC)cc1. The molecule has 1 heterocycles. The second kappa shape index (κ2) is 14.7. The van der Waals surface area contributed by atoms with E-state index in [1.807, 2.05) is 68.4 Å². The highest BCUT2D eigenvalue weighted by Gasteiger charge is 2.29. The van der Waals surface area contributed by atoms with Crippen LogP contribution in [0.5, 0.6) is 17.2 Å². The average Bonchev–Trinajstić information content (AvgIpc) is 3.40. The molecule has 1 atom stereocenters. The molecule has 220 valence electrons. The largest absolute Gasteiger partial charge is 0.497 e. The maximum absolute atomic E-state index is 13.3. The van der Waals surface area contributed by atoms with Crippen molar-refractivity contribution in [3.05, 3.63) is 95.9 Å². The predicted molar refractivity (Wildman–Crippen MR) is 158 cm³/mol. The third-order valence-electron chi connectivity index (χ3n) is 6.75. The third-order valence-corrected chi connectivity index (χ3v) is 6.75. The molecule has 1 unspecified atom stereocenters. The van der Waals surface area contributed by atoms with Crippen LogP contribution in [0.2, 0.25) is 0 Å². The summed E-state index contributed by atoms with van der Waals surface area (Å²) in [6.45, 7) is 4.08. The number of aryl methyl sites for hydroxylation is 1. The van der Waals surface area contributed by atoms with E-state index in [0.29, 0.717) is 42.6 Å². The van der Waals surface area contributed by atoms with Crippen molar-refractivity contribution in [3.63, 3.8) is 0 Å². The number of rotatable bonds is 13. The standard InChI is InChI=1S/C33H36N2O7/c1-5-9-30(35(22-31(36)39-4)33(37)42-28-18-16-26(38-3)17-19-28)24-12-14-27(15-13-24)40-21-20-29-23(2)41-32(34-29)25-10-7-6-8-11-25/h6-8,10-19,30H,5,9,20-22H2,1-4H3.